The molecule has 1 fully saturated rings. The third-order valence-electron chi connectivity index (χ3n) is 7.38. The van der Waals surface area contributed by atoms with E-state index in [1.807, 2.05) is 0 Å². The molecular formula is C29H44N4O9. The van der Waals surface area contributed by atoms with Crippen molar-refractivity contribution in [1.82, 2.24) is 20.9 Å². The number of alkyl carbamates (subject to hydrolysis) is 1. The number of imide groups is 1. The van der Waals surface area contributed by atoms with E-state index in [-0.39, 0.29) is 44.4 Å². The Morgan fingerprint density at radius 3 is 1.86 bits per heavy atom. The maximum Gasteiger partial charge on any atom is 0.407 e. The molecule has 3 rings (SSSR count). The summed E-state index contributed by atoms with van der Waals surface area (Å²) in [6.45, 7) is 3.35. The van der Waals surface area contributed by atoms with Gasteiger partial charge in [0.05, 0.1) is 46.2 Å². The van der Waals surface area contributed by atoms with E-state index in [0.717, 1.165) is 17.7 Å². The van der Waals surface area contributed by atoms with Gasteiger partial charge in [-0.2, -0.15) is 0 Å². The van der Waals surface area contributed by atoms with Gasteiger partial charge in [0, 0.05) is 51.2 Å². The molecule has 3 aliphatic rings. The van der Waals surface area contributed by atoms with Gasteiger partial charge >= 0.3 is 6.09 Å². The van der Waals surface area contributed by atoms with Crippen molar-refractivity contribution in [3.63, 3.8) is 0 Å². The van der Waals surface area contributed by atoms with Crippen LogP contribution in [0.3, 0.4) is 0 Å². The van der Waals surface area contributed by atoms with Crippen molar-refractivity contribution in [3.05, 3.63) is 24.3 Å². The third kappa shape index (κ3) is 12.7. The lowest BCUT2D eigenvalue weighted by atomic mass is 10.1. The standard InChI is InChI=1S/C29H44N4O9/c34-25(9-14-33-27(36)7-8-28(33)37)30-12-17-41-20-19-39-15-10-26(35)31-11-16-40-18-13-32-29(38)42-21-24-22-5-3-1-2-4-6-23(22)24/h1-2,7-8,22-24H,3-6,9-21H2,(H,30,34)(H,31,35)(H,32,38)/b2-1-/t22-,23+,24?. The normalized spacial score (nSPS) is 21.7. The second kappa shape index (κ2) is 19.0. The van der Waals surface area contributed by atoms with Crippen molar-refractivity contribution >= 4 is 29.7 Å². The van der Waals surface area contributed by atoms with Crippen LogP contribution in [0.25, 0.3) is 0 Å². The molecule has 0 bridgehead atoms. The van der Waals surface area contributed by atoms with Gasteiger partial charge in [-0.15, -0.1) is 0 Å². The van der Waals surface area contributed by atoms with Crippen LogP contribution in [0.1, 0.15) is 38.5 Å². The summed E-state index contributed by atoms with van der Waals surface area (Å²) < 4.78 is 21.5. The minimum absolute atomic E-state index is 0.0314. The summed E-state index contributed by atoms with van der Waals surface area (Å²) in [6, 6.07) is 0. The van der Waals surface area contributed by atoms with Gasteiger partial charge < -0.3 is 34.9 Å². The van der Waals surface area contributed by atoms with E-state index in [0.29, 0.717) is 70.4 Å². The lowest BCUT2D eigenvalue weighted by Gasteiger charge is -2.13. The summed E-state index contributed by atoms with van der Waals surface area (Å²) in [5.74, 6) is 0.638. The van der Waals surface area contributed by atoms with Crippen molar-refractivity contribution in [1.29, 1.82) is 0 Å². The first-order chi connectivity index (χ1) is 20.5. The maximum atomic E-state index is 11.9. The fourth-order valence-corrected chi connectivity index (χ4v) is 5.04. The van der Waals surface area contributed by atoms with Crippen LogP contribution < -0.4 is 16.0 Å². The Balaban J connectivity index is 1.02. The molecule has 0 aromatic rings. The molecule has 0 aromatic heterocycles. The number of carbonyl (C=O) groups excluding carboxylic acids is 5. The van der Waals surface area contributed by atoms with Crippen LogP contribution in [-0.2, 0) is 38.1 Å². The summed E-state index contributed by atoms with van der Waals surface area (Å²) in [7, 11) is 0. The first kappa shape index (κ1) is 33.2. The van der Waals surface area contributed by atoms with E-state index in [1.54, 1.807) is 0 Å². The van der Waals surface area contributed by atoms with Gasteiger partial charge in [-0.3, -0.25) is 24.1 Å². The van der Waals surface area contributed by atoms with Crippen molar-refractivity contribution in [3.8, 4) is 0 Å². The zero-order chi connectivity index (χ0) is 30.0. The minimum atomic E-state index is -0.415. The number of fused-ring (bicyclic) bond motifs is 1. The summed E-state index contributed by atoms with van der Waals surface area (Å²) in [4.78, 5) is 59.4. The second-order valence-electron chi connectivity index (χ2n) is 10.3. The van der Waals surface area contributed by atoms with Crippen LogP contribution in [0.2, 0.25) is 0 Å². The molecule has 2 aliphatic carbocycles. The molecule has 3 atom stereocenters. The summed E-state index contributed by atoms with van der Waals surface area (Å²) in [6.07, 6.45) is 11.3. The molecule has 42 heavy (non-hydrogen) atoms. The van der Waals surface area contributed by atoms with Crippen LogP contribution in [0.4, 0.5) is 4.79 Å². The maximum absolute atomic E-state index is 11.9. The number of ether oxygens (including phenoxy) is 4. The summed E-state index contributed by atoms with van der Waals surface area (Å²) >= 11 is 0. The van der Waals surface area contributed by atoms with Gasteiger partial charge in [0.1, 0.15) is 0 Å². The Kier molecular flexibility index (Phi) is 15.0. The van der Waals surface area contributed by atoms with E-state index < -0.39 is 17.9 Å². The molecule has 5 amide bonds. The van der Waals surface area contributed by atoms with Crippen LogP contribution in [0.5, 0.6) is 0 Å². The Morgan fingerprint density at radius 1 is 0.714 bits per heavy atom. The molecule has 3 N–H and O–H groups in total. The van der Waals surface area contributed by atoms with Gasteiger partial charge in [-0.1, -0.05) is 12.2 Å². The van der Waals surface area contributed by atoms with Crippen LogP contribution in [0.15, 0.2) is 24.3 Å². The Hall–Kier alpha value is -3.29. The van der Waals surface area contributed by atoms with E-state index in [9.17, 15) is 24.0 Å². The number of amides is 5. The third-order valence-corrected chi connectivity index (χ3v) is 7.38. The van der Waals surface area contributed by atoms with Crippen molar-refractivity contribution in [2.24, 2.45) is 17.8 Å². The van der Waals surface area contributed by atoms with E-state index in [4.69, 9.17) is 18.9 Å². The van der Waals surface area contributed by atoms with E-state index >= 15 is 0 Å². The lowest BCUT2D eigenvalue weighted by Crippen LogP contribution is -2.35. The lowest BCUT2D eigenvalue weighted by molar-refractivity contribution is -0.137. The number of carbonyl (C=O) groups is 5. The highest BCUT2D eigenvalue weighted by Crippen LogP contribution is 2.52. The van der Waals surface area contributed by atoms with Gasteiger partial charge in [-0.25, -0.2) is 4.79 Å². The number of allylic oxidation sites excluding steroid dienone is 2. The van der Waals surface area contributed by atoms with Crippen molar-refractivity contribution in [2.75, 3.05) is 72.4 Å². The molecule has 0 spiro atoms. The Bertz CT molecular complexity index is 937. The Morgan fingerprint density at radius 2 is 1.24 bits per heavy atom. The van der Waals surface area contributed by atoms with Gasteiger partial charge in [-0.05, 0) is 43.4 Å². The predicted molar refractivity (Wildman–Crippen MR) is 151 cm³/mol. The fourth-order valence-electron chi connectivity index (χ4n) is 5.04. The molecular weight excluding hydrogens is 548 g/mol. The molecule has 0 radical (unpaired) electrons. The molecule has 1 aliphatic heterocycles. The highest BCUT2D eigenvalue weighted by Gasteiger charge is 2.49. The molecule has 13 heteroatoms. The fraction of sp³-hybridized carbons (Fsp3) is 0.690. The average Bonchev–Trinajstić information content (AvgIpc) is 3.49. The zero-order valence-electron chi connectivity index (χ0n) is 24.2. The second-order valence-corrected chi connectivity index (χ2v) is 10.3. The first-order valence-electron chi connectivity index (χ1n) is 14.8. The van der Waals surface area contributed by atoms with E-state index in [1.165, 1.54) is 25.0 Å². The van der Waals surface area contributed by atoms with Crippen molar-refractivity contribution < 1.29 is 42.9 Å². The number of hydrogen-bond donors (Lipinski definition) is 3. The Labute approximate surface area is 246 Å². The predicted octanol–water partition coefficient (Wildman–Crippen LogP) is 0.692. The molecule has 0 aromatic carbocycles. The quantitative estimate of drug-likeness (QED) is 0.105. The highest BCUT2D eigenvalue weighted by molar-refractivity contribution is 6.13. The summed E-state index contributed by atoms with van der Waals surface area (Å²) in [5.41, 5.74) is 0. The molecule has 234 valence electrons. The van der Waals surface area contributed by atoms with Crippen LogP contribution in [-0.4, -0.2) is 107 Å². The van der Waals surface area contributed by atoms with Gasteiger partial charge in [0.15, 0.2) is 0 Å². The number of rotatable bonds is 20. The first-order valence-corrected chi connectivity index (χ1v) is 14.8. The minimum Gasteiger partial charge on any atom is -0.449 e. The average molecular weight is 593 g/mol. The number of nitrogens with zero attached hydrogens (tertiary/aromatic N) is 1. The molecule has 0 saturated heterocycles. The highest BCUT2D eigenvalue weighted by atomic mass is 16.5. The van der Waals surface area contributed by atoms with Gasteiger partial charge in [0.2, 0.25) is 11.8 Å². The molecule has 13 nitrogen and oxygen atoms in total. The molecule has 1 unspecified atom stereocenters. The van der Waals surface area contributed by atoms with Crippen LogP contribution >= 0.6 is 0 Å². The van der Waals surface area contributed by atoms with Crippen LogP contribution in [0, 0.1) is 17.8 Å². The topological polar surface area (TPSA) is 162 Å². The largest absolute Gasteiger partial charge is 0.449 e. The number of hydrogen-bond acceptors (Lipinski definition) is 9. The van der Waals surface area contributed by atoms with Gasteiger partial charge in [0.25, 0.3) is 11.8 Å². The SMILES string of the molecule is O=C(CCOCCOCCNC(=O)CCN1C(=O)C=CC1=O)NCCOCCNC(=O)OCC1[C@H]2CC/C=C\CC[C@@H]12. The van der Waals surface area contributed by atoms with E-state index in [2.05, 4.69) is 28.1 Å². The van der Waals surface area contributed by atoms with Crippen molar-refractivity contribution in [2.45, 2.75) is 38.5 Å². The molecule has 1 heterocycles. The molecule has 1 saturated carbocycles. The smallest absolute Gasteiger partial charge is 0.407 e. The monoisotopic (exact) mass is 592 g/mol. The zero-order valence-corrected chi connectivity index (χ0v) is 24.2. The summed E-state index contributed by atoms with van der Waals surface area (Å²) in [5, 5.41) is 8.09. The number of nitrogens with one attached hydrogen (secondary N) is 3.